The van der Waals surface area contributed by atoms with Gasteiger partial charge in [0, 0.05) is 25.4 Å². The quantitative estimate of drug-likeness (QED) is 0.586. The number of carbonyl (C=O) groups excluding carboxylic acids is 2. The molecule has 2 saturated carbocycles. The highest BCUT2D eigenvalue weighted by Gasteiger charge is 2.21. The molecule has 2 fully saturated rings. The van der Waals surface area contributed by atoms with Crippen molar-refractivity contribution in [3.05, 3.63) is 0 Å². The molecule has 0 atom stereocenters. The molecule has 4 amide bonds. The first-order chi connectivity index (χ1) is 11.5. The summed E-state index contributed by atoms with van der Waals surface area (Å²) in [6.07, 6.45) is 11.6. The lowest BCUT2D eigenvalue weighted by atomic mass is 9.96. The smallest absolute Gasteiger partial charge is 0.335 e. The molecule has 2 N–H and O–H groups in total. The second-order valence-corrected chi connectivity index (χ2v) is 8.19. The molecule has 7 heteroatoms. The van der Waals surface area contributed by atoms with Gasteiger partial charge in [-0.15, -0.1) is 0 Å². The van der Waals surface area contributed by atoms with Crippen LogP contribution in [0.25, 0.3) is 0 Å². The van der Waals surface area contributed by atoms with Gasteiger partial charge in [-0.25, -0.2) is 9.59 Å². The monoisotopic (exact) mass is 354 g/mol. The molecule has 2 rings (SSSR count). The third kappa shape index (κ3) is 6.71. The summed E-state index contributed by atoms with van der Waals surface area (Å²) in [5.41, 5.74) is 0. The van der Waals surface area contributed by atoms with Crippen LogP contribution < -0.4 is 10.6 Å². The molecule has 136 valence electrons. The highest BCUT2D eigenvalue weighted by Crippen LogP contribution is 2.28. The number of carbonyl (C=O) groups is 2. The second kappa shape index (κ2) is 9.91. The van der Waals surface area contributed by atoms with Crippen molar-refractivity contribution in [2.75, 3.05) is 14.1 Å². The zero-order valence-corrected chi connectivity index (χ0v) is 15.7. The molecular formula is C17H30N4O2S. The number of urea groups is 2. The van der Waals surface area contributed by atoms with Crippen molar-refractivity contribution in [2.45, 2.75) is 75.5 Å². The Morgan fingerprint density at radius 1 is 0.958 bits per heavy atom. The van der Waals surface area contributed by atoms with Crippen molar-refractivity contribution in [1.82, 2.24) is 15.5 Å². The van der Waals surface area contributed by atoms with Crippen LogP contribution in [0.1, 0.15) is 64.2 Å². The normalized spacial score (nSPS) is 20.5. The van der Waals surface area contributed by atoms with Crippen LogP contribution in [0.4, 0.5) is 9.59 Å². The van der Waals surface area contributed by atoms with E-state index in [0.717, 1.165) is 25.7 Å². The van der Waals surface area contributed by atoms with Crippen molar-refractivity contribution < 1.29 is 9.59 Å². The average molecular weight is 355 g/mol. The lowest BCUT2D eigenvalue weighted by Crippen LogP contribution is -2.45. The standard InChI is InChI=1S/C17H30N4O2S/c1-21(2)17(23)20-16(24-14-11-7-4-8-12-14)19-15(22)18-13-9-5-3-6-10-13/h13-14H,3-12H2,1-2H3,(H2,18,19,20,22,23). The number of nitrogens with zero attached hydrogens (tertiary/aromatic N) is 2. The number of amidine groups is 1. The number of amides is 4. The molecule has 0 heterocycles. The van der Waals surface area contributed by atoms with Gasteiger partial charge >= 0.3 is 12.1 Å². The van der Waals surface area contributed by atoms with E-state index in [2.05, 4.69) is 15.6 Å². The molecule has 0 bridgehead atoms. The van der Waals surface area contributed by atoms with E-state index in [-0.39, 0.29) is 18.1 Å². The summed E-state index contributed by atoms with van der Waals surface area (Å²) in [6.45, 7) is 0. The predicted molar refractivity (Wildman–Crippen MR) is 99.5 cm³/mol. The van der Waals surface area contributed by atoms with Gasteiger partial charge in [0.2, 0.25) is 0 Å². The van der Waals surface area contributed by atoms with E-state index >= 15 is 0 Å². The maximum absolute atomic E-state index is 12.3. The number of aliphatic imine (C=N–C) groups is 1. The second-order valence-electron chi connectivity index (χ2n) is 6.91. The Bertz CT molecular complexity index is 456. The molecule has 0 aromatic carbocycles. The van der Waals surface area contributed by atoms with Gasteiger partial charge in [-0.05, 0) is 25.7 Å². The summed E-state index contributed by atoms with van der Waals surface area (Å²) in [7, 11) is 3.33. The zero-order chi connectivity index (χ0) is 17.4. The SMILES string of the molecule is CN(C)C(=O)N=C(NC(=O)NC1CCCCC1)SC1CCCCC1. The molecule has 0 radical (unpaired) electrons. The highest BCUT2D eigenvalue weighted by molar-refractivity contribution is 8.14. The fraction of sp³-hybridized carbons (Fsp3) is 0.824. The summed E-state index contributed by atoms with van der Waals surface area (Å²) < 4.78 is 0. The first-order valence-electron chi connectivity index (χ1n) is 9.08. The van der Waals surface area contributed by atoms with Crippen LogP contribution in [0, 0.1) is 0 Å². The van der Waals surface area contributed by atoms with Crippen molar-refractivity contribution in [3.63, 3.8) is 0 Å². The van der Waals surface area contributed by atoms with Gasteiger partial charge in [-0.2, -0.15) is 4.99 Å². The Morgan fingerprint density at radius 3 is 2.12 bits per heavy atom. The fourth-order valence-electron chi connectivity index (χ4n) is 3.18. The van der Waals surface area contributed by atoms with Crippen LogP contribution in [-0.4, -0.2) is 47.5 Å². The lowest BCUT2D eigenvalue weighted by molar-refractivity contribution is 0.227. The van der Waals surface area contributed by atoms with Crippen LogP contribution >= 0.6 is 11.8 Å². The summed E-state index contributed by atoms with van der Waals surface area (Å²) in [5.74, 6) is 0. The van der Waals surface area contributed by atoms with Crippen molar-refractivity contribution in [2.24, 2.45) is 4.99 Å². The van der Waals surface area contributed by atoms with Crippen molar-refractivity contribution in [3.8, 4) is 0 Å². The molecule has 0 saturated heterocycles. The fourth-order valence-corrected chi connectivity index (χ4v) is 4.34. The number of hydrogen-bond acceptors (Lipinski definition) is 3. The summed E-state index contributed by atoms with van der Waals surface area (Å²) in [4.78, 5) is 29.7. The maximum Gasteiger partial charge on any atom is 0.345 e. The number of thioether (sulfide) groups is 1. The molecule has 0 unspecified atom stereocenters. The Morgan fingerprint density at radius 2 is 1.54 bits per heavy atom. The van der Waals surface area contributed by atoms with Gasteiger partial charge in [-0.1, -0.05) is 50.3 Å². The third-order valence-corrected chi connectivity index (χ3v) is 5.79. The van der Waals surface area contributed by atoms with Gasteiger partial charge in [0.05, 0.1) is 0 Å². The van der Waals surface area contributed by atoms with Crippen molar-refractivity contribution >= 4 is 29.0 Å². The summed E-state index contributed by atoms with van der Waals surface area (Å²) in [5, 5.41) is 6.69. The zero-order valence-electron chi connectivity index (χ0n) is 14.8. The first-order valence-corrected chi connectivity index (χ1v) is 9.96. The Labute approximate surface area is 149 Å². The molecule has 0 aliphatic heterocycles. The van der Waals surface area contributed by atoms with Gasteiger partial charge < -0.3 is 10.2 Å². The molecule has 0 aromatic heterocycles. The first kappa shape index (κ1) is 19.1. The third-order valence-electron chi connectivity index (χ3n) is 4.57. The van der Waals surface area contributed by atoms with Gasteiger partial charge in [0.15, 0.2) is 5.17 Å². The van der Waals surface area contributed by atoms with Crippen LogP contribution in [0.15, 0.2) is 4.99 Å². The topological polar surface area (TPSA) is 73.8 Å². The number of nitrogens with one attached hydrogen (secondary N) is 2. The average Bonchev–Trinajstić information content (AvgIpc) is 2.56. The number of hydrogen-bond donors (Lipinski definition) is 2. The minimum absolute atomic E-state index is 0.240. The van der Waals surface area contributed by atoms with Crippen LogP contribution in [0.3, 0.4) is 0 Å². The molecule has 2 aliphatic carbocycles. The van der Waals surface area contributed by atoms with E-state index in [1.807, 2.05) is 0 Å². The Balaban J connectivity index is 1.92. The molecule has 0 aromatic rings. The summed E-state index contributed by atoms with van der Waals surface area (Å²) in [6, 6.07) is -0.342. The van der Waals surface area contributed by atoms with Gasteiger partial charge in [-0.3, -0.25) is 5.32 Å². The lowest BCUT2D eigenvalue weighted by Gasteiger charge is -2.24. The van der Waals surface area contributed by atoms with E-state index in [1.54, 1.807) is 14.1 Å². The Kier molecular flexibility index (Phi) is 7.88. The molecule has 6 nitrogen and oxygen atoms in total. The Hall–Kier alpha value is -1.24. The van der Waals surface area contributed by atoms with E-state index in [4.69, 9.17) is 0 Å². The van der Waals surface area contributed by atoms with Gasteiger partial charge in [0.1, 0.15) is 0 Å². The van der Waals surface area contributed by atoms with Crippen LogP contribution in [-0.2, 0) is 0 Å². The van der Waals surface area contributed by atoms with E-state index in [0.29, 0.717) is 10.4 Å². The van der Waals surface area contributed by atoms with Crippen LogP contribution in [0.5, 0.6) is 0 Å². The molecular weight excluding hydrogens is 324 g/mol. The van der Waals surface area contributed by atoms with E-state index in [9.17, 15) is 9.59 Å². The maximum atomic E-state index is 12.3. The van der Waals surface area contributed by atoms with E-state index < -0.39 is 0 Å². The van der Waals surface area contributed by atoms with Crippen molar-refractivity contribution in [1.29, 1.82) is 0 Å². The molecule has 0 spiro atoms. The number of rotatable bonds is 2. The highest BCUT2D eigenvalue weighted by atomic mass is 32.2. The largest absolute Gasteiger partial charge is 0.345 e. The van der Waals surface area contributed by atoms with Gasteiger partial charge in [0.25, 0.3) is 0 Å². The predicted octanol–water partition coefficient (Wildman–Crippen LogP) is 3.72. The molecule has 24 heavy (non-hydrogen) atoms. The minimum atomic E-state index is -0.341. The molecule has 2 aliphatic rings. The minimum Gasteiger partial charge on any atom is -0.335 e. The van der Waals surface area contributed by atoms with Crippen LogP contribution in [0.2, 0.25) is 0 Å². The van der Waals surface area contributed by atoms with E-state index in [1.165, 1.54) is 55.2 Å². The summed E-state index contributed by atoms with van der Waals surface area (Å²) >= 11 is 1.53.